The van der Waals surface area contributed by atoms with Crippen LogP contribution in [0.15, 0.2) is 48.7 Å². The third-order valence-electron chi connectivity index (χ3n) is 7.09. The normalized spacial score (nSPS) is 12.9. The van der Waals surface area contributed by atoms with E-state index in [0.717, 1.165) is 17.7 Å². The molecule has 3 heterocycles. The molecule has 3 heteroatoms. The molecule has 6 aromatic rings. The van der Waals surface area contributed by atoms with Gasteiger partial charge in [-0.3, -0.25) is 4.98 Å². The van der Waals surface area contributed by atoms with E-state index in [1.807, 2.05) is 6.20 Å². The summed E-state index contributed by atoms with van der Waals surface area (Å²) in [5.41, 5.74) is 10.4. The number of aryl methyl sites for hydroxylation is 3. The van der Waals surface area contributed by atoms with E-state index in [4.69, 9.17) is 4.98 Å². The second kappa shape index (κ2) is 6.62. The molecule has 160 valence electrons. The zero-order valence-electron chi connectivity index (χ0n) is 19.4. The predicted octanol–water partition coefficient (Wildman–Crippen LogP) is 7.81. The molecule has 0 aliphatic heterocycles. The van der Waals surface area contributed by atoms with Gasteiger partial charge < -0.3 is 4.40 Å². The molecule has 0 spiro atoms. The predicted molar refractivity (Wildman–Crippen MR) is 142 cm³/mol. The van der Waals surface area contributed by atoms with E-state index in [1.54, 1.807) is 0 Å². The maximum absolute atomic E-state index is 4.93. The molecule has 0 saturated heterocycles. The molecule has 0 unspecified atom stereocenters. The van der Waals surface area contributed by atoms with Crippen LogP contribution in [0.25, 0.3) is 49.0 Å². The van der Waals surface area contributed by atoms with Crippen LogP contribution in [0.4, 0.5) is 0 Å². The molecular formula is C29H28N2S. The SMILES string of the molecule is Cc1cc(C)c2c(c1)c1nccc3cc(CC(C)(C)CS)c4c5c(C)cccc5n2c4c31. The van der Waals surface area contributed by atoms with Crippen molar-refractivity contribution >= 4 is 61.6 Å². The van der Waals surface area contributed by atoms with E-state index < -0.39 is 0 Å². The fraction of sp³-hybridized carbons (Fsp3) is 0.276. The number of fused-ring (bicyclic) bond motifs is 6. The van der Waals surface area contributed by atoms with Crippen LogP contribution in [-0.2, 0) is 6.42 Å². The van der Waals surface area contributed by atoms with Crippen LogP contribution in [0.3, 0.4) is 0 Å². The highest BCUT2D eigenvalue weighted by atomic mass is 32.1. The van der Waals surface area contributed by atoms with Crippen molar-refractivity contribution < 1.29 is 0 Å². The van der Waals surface area contributed by atoms with Crippen LogP contribution in [0.2, 0.25) is 0 Å². The Bertz CT molecular complexity index is 1690. The highest BCUT2D eigenvalue weighted by Gasteiger charge is 2.25. The van der Waals surface area contributed by atoms with Gasteiger partial charge in [-0.25, -0.2) is 0 Å². The average molecular weight is 437 g/mol. The second-order valence-electron chi connectivity index (χ2n) is 10.3. The maximum Gasteiger partial charge on any atom is 0.0822 e. The lowest BCUT2D eigenvalue weighted by atomic mass is 9.84. The highest BCUT2D eigenvalue weighted by molar-refractivity contribution is 7.80. The summed E-state index contributed by atoms with van der Waals surface area (Å²) < 4.78 is 2.52. The van der Waals surface area contributed by atoms with E-state index in [2.05, 4.69) is 94.1 Å². The molecule has 0 atom stereocenters. The van der Waals surface area contributed by atoms with Crippen molar-refractivity contribution in [1.29, 1.82) is 0 Å². The number of pyridine rings is 2. The molecule has 0 aliphatic carbocycles. The van der Waals surface area contributed by atoms with Crippen molar-refractivity contribution in [3.05, 3.63) is 70.9 Å². The first-order valence-corrected chi connectivity index (χ1v) is 12.0. The lowest BCUT2D eigenvalue weighted by molar-refractivity contribution is 0.424. The Morgan fingerprint density at radius 1 is 0.906 bits per heavy atom. The zero-order valence-corrected chi connectivity index (χ0v) is 20.3. The summed E-state index contributed by atoms with van der Waals surface area (Å²) in [5.74, 6) is 0.854. The van der Waals surface area contributed by atoms with E-state index >= 15 is 0 Å². The van der Waals surface area contributed by atoms with Crippen molar-refractivity contribution in [3.8, 4) is 0 Å². The van der Waals surface area contributed by atoms with Gasteiger partial charge in [-0.2, -0.15) is 12.6 Å². The van der Waals surface area contributed by atoms with Gasteiger partial charge in [0.15, 0.2) is 0 Å². The molecular weight excluding hydrogens is 408 g/mol. The van der Waals surface area contributed by atoms with Gasteiger partial charge in [0.25, 0.3) is 0 Å². The molecule has 0 radical (unpaired) electrons. The van der Waals surface area contributed by atoms with Crippen LogP contribution in [0.1, 0.15) is 36.1 Å². The van der Waals surface area contributed by atoms with Crippen molar-refractivity contribution in [2.45, 2.75) is 41.0 Å². The first kappa shape index (κ1) is 19.9. The van der Waals surface area contributed by atoms with Crippen molar-refractivity contribution in [2.24, 2.45) is 5.41 Å². The molecule has 6 rings (SSSR count). The minimum absolute atomic E-state index is 0.117. The largest absolute Gasteiger partial charge is 0.308 e. The fourth-order valence-corrected chi connectivity index (χ4v) is 5.87. The smallest absolute Gasteiger partial charge is 0.0822 e. The third kappa shape index (κ3) is 2.58. The van der Waals surface area contributed by atoms with Crippen molar-refractivity contribution in [2.75, 3.05) is 5.75 Å². The van der Waals surface area contributed by atoms with Gasteiger partial charge in [0.05, 0.1) is 22.1 Å². The Balaban J connectivity index is 1.99. The van der Waals surface area contributed by atoms with Crippen LogP contribution in [0, 0.1) is 26.2 Å². The Hall–Kier alpha value is -2.78. The van der Waals surface area contributed by atoms with Gasteiger partial charge in [-0.05, 0) is 78.6 Å². The quantitative estimate of drug-likeness (QED) is 0.170. The minimum atomic E-state index is 0.117. The first-order chi connectivity index (χ1) is 15.3. The van der Waals surface area contributed by atoms with Crippen LogP contribution >= 0.6 is 12.6 Å². The maximum atomic E-state index is 4.93. The molecule has 32 heavy (non-hydrogen) atoms. The molecule has 2 nitrogen and oxygen atoms in total. The van der Waals surface area contributed by atoms with Gasteiger partial charge in [0.2, 0.25) is 0 Å². The van der Waals surface area contributed by atoms with E-state index in [-0.39, 0.29) is 5.41 Å². The lowest BCUT2D eigenvalue weighted by Gasteiger charge is -2.23. The average Bonchev–Trinajstić information content (AvgIpc) is 3.10. The number of aromatic nitrogens is 2. The van der Waals surface area contributed by atoms with Gasteiger partial charge in [0.1, 0.15) is 0 Å². The third-order valence-corrected chi connectivity index (χ3v) is 7.95. The summed E-state index contributed by atoms with van der Waals surface area (Å²) >= 11 is 4.67. The molecule has 0 fully saturated rings. The molecule has 0 saturated carbocycles. The number of thiol groups is 1. The summed E-state index contributed by atoms with van der Waals surface area (Å²) in [6.45, 7) is 11.3. The van der Waals surface area contributed by atoms with Gasteiger partial charge in [0, 0.05) is 27.7 Å². The number of hydrogen-bond acceptors (Lipinski definition) is 2. The summed E-state index contributed by atoms with van der Waals surface area (Å²) in [6, 6.07) is 15.9. The van der Waals surface area contributed by atoms with Gasteiger partial charge >= 0.3 is 0 Å². The lowest BCUT2D eigenvalue weighted by Crippen LogP contribution is -2.17. The Kier molecular flexibility index (Phi) is 4.11. The fourth-order valence-electron chi connectivity index (χ4n) is 5.75. The van der Waals surface area contributed by atoms with E-state index in [0.29, 0.717) is 0 Å². The van der Waals surface area contributed by atoms with E-state index in [9.17, 15) is 0 Å². The van der Waals surface area contributed by atoms with Crippen molar-refractivity contribution in [3.63, 3.8) is 0 Å². The monoisotopic (exact) mass is 436 g/mol. The Labute approximate surface area is 194 Å². The molecule has 0 bridgehead atoms. The zero-order chi connectivity index (χ0) is 22.4. The minimum Gasteiger partial charge on any atom is -0.308 e. The van der Waals surface area contributed by atoms with E-state index in [1.165, 1.54) is 65.7 Å². The number of nitrogens with zero attached hydrogens (tertiary/aromatic N) is 2. The molecule has 0 amide bonds. The summed E-state index contributed by atoms with van der Waals surface area (Å²) in [6.07, 6.45) is 2.97. The van der Waals surface area contributed by atoms with Gasteiger partial charge in [-0.1, -0.05) is 43.7 Å². The molecule has 0 N–H and O–H groups in total. The topological polar surface area (TPSA) is 17.3 Å². The summed E-state index contributed by atoms with van der Waals surface area (Å²) in [5, 5.41) is 6.56. The summed E-state index contributed by atoms with van der Waals surface area (Å²) in [7, 11) is 0. The Morgan fingerprint density at radius 3 is 2.50 bits per heavy atom. The molecule has 3 aromatic heterocycles. The number of hydrogen-bond donors (Lipinski definition) is 1. The standard InChI is InChI=1S/C29H28N2S/c1-16-11-18(3)27-21(12-16)26-25-19(9-10-30-26)13-20(14-29(4,5)15-32)24-23-17(2)7-6-8-22(23)31(27)28(24)25/h6-13,32H,14-15H2,1-5H3. The second-order valence-corrected chi connectivity index (χ2v) is 10.6. The van der Waals surface area contributed by atoms with Crippen LogP contribution in [0.5, 0.6) is 0 Å². The first-order valence-electron chi connectivity index (χ1n) is 11.4. The van der Waals surface area contributed by atoms with Gasteiger partial charge in [-0.15, -0.1) is 0 Å². The van der Waals surface area contributed by atoms with Crippen LogP contribution < -0.4 is 0 Å². The van der Waals surface area contributed by atoms with Crippen LogP contribution in [-0.4, -0.2) is 15.1 Å². The molecule has 3 aromatic carbocycles. The molecule has 0 aliphatic rings. The Morgan fingerprint density at radius 2 is 1.72 bits per heavy atom. The summed E-state index contributed by atoms with van der Waals surface area (Å²) in [4.78, 5) is 4.93. The number of rotatable bonds is 3. The van der Waals surface area contributed by atoms with Crippen molar-refractivity contribution in [1.82, 2.24) is 9.38 Å². The highest BCUT2D eigenvalue weighted by Crippen LogP contribution is 2.45. The number of benzene rings is 3.